The van der Waals surface area contributed by atoms with Crippen molar-refractivity contribution in [2.45, 2.75) is 116 Å². The lowest BCUT2D eigenvalue weighted by molar-refractivity contribution is -0.138. The van der Waals surface area contributed by atoms with E-state index in [0.29, 0.717) is 24.1 Å². The summed E-state index contributed by atoms with van der Waals surface area (Å²) in [5.74, 6) is -4.11. The van der Waals surface area contributed by atoms with Gasteiger partial charge < -0.3 is 20.9 Å². The number of halogens is 4. The van der Waals surface area contributed by atoms with Gasteiger partial charge in [0.1, 0.15) is 23.4 Å². The number of carbonyl (C=O) groups is 4. The summed E-state index contributed by atoms with van der Waals surface area (Å²) < 4.78 is 58.2. The van der Waals surface area contributed by atoms with Crippen LogP contribution in [0, 0.1) is 17.7 Å². The highest BCUT2D eigenvalue weighted by molar-refractivity contribution is 6.01. The van der Waals surface area contributed by atoms with Crippen molar-refractivity contribution in [2.24, 2.45) is 11.8 Å². The summed E-state index contributed by atoms with van der Waals surface area (Å²) in [6.45, 7) is 12.7. The van der Waals surface area contributed by atoms with Crippen LogP contribution in [-0.4, -0.2) is 66.4 Å². The fourth-order valence-electron chi connectivity index (χ4n) is 7.01. The lowest BCUT2D eigenvalue weighted by Crippen LogP contribution is -2.67. The summed E-state index contributed by atoms with van der Waals surface area (Å²) >= 11 is 0. The molecule has 0 saturated heterocycles. The summed E-state index contributed by atoms with van der Waals surface area (Å²) in [4.78, 5) is 59.3. The SMILES string of the molecule is CCC(C)[C@H](NC(=O)Cc1ccccc1F)C(=O)N[C@]1(C(=O)N[C@H](C(=O)Nc2nnnn2C(C)(C)C)C(C)CC)CCc2[nH]c3c(C(F)(F)F)cccc3c2C1. The van der Waals surface area contributed by atoms with Gasteiger partial charge in [0.05, 0.1) is 23.0 Å². The fourth-order valence-corrected chi connectivity index (χ4v) is 7.01. The van der Waals surface area contributed by atoms with Crippen molar-refractivity contribution in [1.82, 2.24) is 41.1 Å². The summed E-state index contributed by atoms with van der Waals surface area (Å²) in [5, 5.41) is 23.0. The van der Waals surface area contributed by atoms with Crippen molar-refractivity contribution in [3.05, 3.63) is 70.7 Å². The maximum atomic E-state index is 14.8. The molecule has 17 heteroatoms. The topological polar surface area (TPSA) is 176 Å². The molecule has 5 atom stereocenters. The number of rotatable bonds is 13. The van der Waals surface area contributed by atoms with Gasteiger partial charge in [0.25, 0.3) is 0 Å². The number of amides is 4. The average molecular weight is 784 g/mol. The highest BCUT2D eigenvalue weighted by atomic mass is 19.4. The molecule has 56 heavy (non-hydrogen) atoms. The highest BCUT2D eigenvalue weighted by Crippen LogP contribution is 2.40. The average Bonchev–Trinajstić information content (AvgIpc) is 3.77. The first-order chi connectivity index (χ1) is 26.3. The quantitative estimate of drug-likeness (QED) is 0.114. The molecule has 0 aliphatic heterocycles. The third-order valence-electron chi connectivity index (χ3n) is 10.7. The van der Waals surface area contributed by atoms with Crippen molar-refractivity contribution >= 4 is 40.5 Å². The van der Waals surface area contributed by atoms with Crippen LogP contribution < -0.4 is 21.3 Å². The van der Waals surface area contributed by atoms with Crippen molar-refractivity contribution in [2.75, 3.05) is 5.32 Å². The maximum Gasteiger partial charge on any atom is 0.418 e. The molecule has 0 radical (unpaired) electrons. The number of aromatic amines is 1. The minimum Gasteiger partial charge on any atom is -0.358 e. The summed E-state index contributed by atoms with van der Waals surface area (Å²) in [7, 11) is 0. The lowest BCUT2D eigenvalue weighted by atomic mass is 9.78. The van der Waals surface area contributed by atoms with E-state index < -0.39 is 76.2 Å². The second-order valence-electron chi connectivity index (χ2n) is 15.7. The highest BCUT2D eigenvalue weighted by Gasteiger charge is 2.47. The van der Waals surface area contributed by atoms with Gasteiger partial charge in [0.15, 0.2) is 0 Å². The number of nitrogens with zero attached hydrogens (tertiary/aromatic N) is 4. The number of carbonyl (C=O) groups excluding carboxylic acids is 4. The first-order valence-electron chi connectivity index (χ1n) is 18.7. The zero-order valence-electron chi connectivity index (χ0n) is 32.5. The van der Waals surface area contributed by atoms with Gasteiger partial charge in [-0.15, -0.1) is 0 Å². The molecular weight excluding hydrogens is 734 g/mol. The van der Waals surface area contributed by atoms with Crippen LogP contribution in [-0.2, 0) is 50.2 Å². The monoisotopic (exact) mass is 783 g/mol. The van der Waals surface area contributed by atoms with Gasteiger partial charge in [0, 0.05) is 17.5 Å². The number of hydrogen-bond donors (Lipinski definition) is 5. The number of para-hydroxylation sites is 1. The van der Waals surface area contributed by atoms with E-state index in [9.17, 15) is 36.7 Å². The standard InChI is InChI=1S/C39H49F4N9O4/c1-8-21(3)30(33(54)47-36-49-50-51-52(36)37(5,6)7)46-35(56)38(18-17-28-25(20-38)24-14-12-15-26(32(24)44-28)39(41,42)43)48-34(55)31(22(4)9-2)45-29(53)19-23-13-10-11-16-27(23)40/h10-16,21-22,30-31,44H,8-9,17-20H2,1-7H3,(H,45,53)(H,46,56)(H,48,55)(H,47,49,51,54)/t21?,22?,30-,31-,38+/m0/s1. The Kier molecular flexibility index (Phi) is 12.2. The number of H-pyrrole nitrogens is 1. The minimum atomic E-state index is -4.66. The normalized spacial score (nSPS) is 18.0. The van der Waals surface area contributed by atoms with Crippen LogP contribution >= 0.6 is 0 Å². The molecule has 5 rings (SSSR count). The number of alkyl halides is 3. The molecule has 13 nitrogen and oxygen atoms in total. The molecule has 2 heterocycles. The van der Waals surface area contributed by atoms with Crippen LogP contribution in [0.2, 0.25) is 0 Å². The molecular formula is C39H49F4N9O4. The van der Waals surface area contributed by atoms with E-state index in [1.54, 1.807) is 19.9 Å². The molecule has 5 N–H and O–H groups in total. The molecule has 4 amide bonds. The molecule has 2 unspecified atom stereocenters. The van der Waals surface area contributed by atoms with Gasteiger partial charge in [-0.2, -0.15) is 13.2 Å². The minimum absolute atomic E-state index is 0.0529. The number of benzene rings is 2. The maximum absolute atomic E-state index is 14.8. The molecule has 0 bridgehead atoms. The molecule has 4 aromatic rings. The van der Waals surface area contributed by atoms with Crippen molar-refractivity contribution < 1.29 is 36.7 Å². The van der Waals surface area contributed by atoms with E-state index >= 15 is 0 Å². The van der Waals surface area contributed by atoms with Crippen LogP contribution in [0.15, 0.2) is 42.5 Å². The number of anilines is 1. The smallest absolute Gasteiger partial charge is 0.358 e. The van der Waals surface area contributed by atoms with Crippen LogP contribution in [0.5, 0.6) is 0 Å². The fraction of sp³-hybridized carbons (Fsp3) is 0.513. The zero-order valence-corrected chi connectivity index (χ0v) is 32.5. The molecule has 1 aliphatic carbocycles. The number of tetrazole rings is 1. The predicted octanol–water partition coefficient (Wildman–Crippen LogP) is 5.35. The zero-order chi connectivity index (χ0) is 41.2. The van der Waals surface area contributed by atoms with Crippen molar-refractivity contribution in [1.29, 1.82) is 0 Å². The number of nitrogens with one attached hydrogen (secondary N) is 5. The van der Waals surface area contributed by atoms with Gasteiger partial charge >= 0.3 is 6.18 Å². The van der Waals surface area contributed by atoms with E-state index in [4.69, 9.17) is 0 Å². The van der Waals surface area contributed by atoms with Crippen molar-refractivity contribution in [3.8, 4) is 0 Å². The summed E-state index contributed by atoms with van der Waals surface area (Å²) in [5.41, 5.74) is -2.37. The van der Waals surface area contributed by atoms with E-state index in [0.717, 1.165) is 6.07 Å². The molecule has 0 fully saturated rings. The number of aromatic nitrogens is 5. The Hall–Kier alpha value is -5.35. The Balaban J connectivity index is 1.52. The largest absolute Gasteiger partial charge is 0.418 e. The summed E-state index contributed by atoms with van der Waals surface area (Å²) in [6, 6.07) is 7.22. The van der Waals surface area contributed by atoms with Gasteiger partial charge in [0.2, 0.25) is 29.6 Å². The number of fused-ring (bicyclic) bond motifs is 3. The third kappa shape index (κ3) is 8.86. The van der Waals surface area contributed by atoms with E-state index in [-0.39, 0.29) is 48.1 Å². The first kappa shape index (κ1) is 41.8. The molecule has 0 saturated carbocycles. The molecule has 0 spiro atoms. The van der Waals surface area contributed by atoms with Gasteiger partial charge in [-0.3, -0.25) is 24.5 Å². The van der Waals surface area contributed by atoms with Crippen LogP contribution in [0.3, 0.4) is 0 Å². The van der Waals surface area contributed by atoms with Crippen molar-refractivity contribution in [3.63, 3.8) is 0 Å². The molecule has 1 aliphatic rings. The van der Waals surface area contributed by atoms with Gasteiger partial charge in [-0.1, -0.05) is 76.0 Å². The lowest BCUT2D eigenvalue weighted by Gasteiger charge is -2.39. The van der Waals surface area contributed by atoms with E-state index in [2.05, 4.69) is 41.8 Å². The predicted molar refractivity (Wildman–Crippen MR) is 201 cm³/mol. The Morgan fingerprint density at radius 1 is 0.929 bits per heavy atom. The molecule has 2 aromatic carbocycles. The molecule has 302 valence electrons. The van der Waals surface area contributed by atoms with E-state index in [1.165, 1.54) is 35.0 Å². The third-order valence-corrected chi connectivity index (χ3v) is 10.7. The number of hydrogen-bond acceptors (Lipinski definition) is 7. The second kappa shape index (κ2) is 16.4. The van der Waals surface area contributed by atoms with Gasteiger partial charge in [-0.05, 0) is 79.1 Å². The first-order valence-corrected chi connectivity index (χ1v) is 18.7. The molecule has 2 aromatic heterocycles. The van der Waals surface area contributed by atoms with Crippen LogP contribution in [0.4, 0.5) is 23.5 Å². The Morgan fingerprint density at radius 3 is 2.21 bits per heavy atom. The second-order valence-corrected chi connectivity index (χ2v) is 15.7. The van der Waals surface area contributed by atoms with Crippen LogP contribution in [0.1, 0.15) is 90.1 Å². The van der Waals surface area contributed by atoms with E-state index in [1.807, 2.05) is 34.6 Å². The van der Waals surface area contributed by atoms with Crippen LogP contribution in [0.25, 0.3) is 10.9 Å². The number of aryl methyl sites for hydroxylation is 1. The summed E-state index contributed by atoms with van der Waals surface area (Å²) in [6.07, 6.45) is -4.32. The van der Waals surface area contributed by atoms with Gasteiger partial charge in [-0.25, -0.2) is 9.07 Å². The Labute approximate surface area is 322 Å². The Bertz CT molecular complexity index is 2090. The Morgan fingerprint density at radius 2 is 1.59 bits per heavy atom.